The number of carbonyl (C=O) groups excluding carboxylic acids is 6. The number of nitrogens with one attached hydrogen (secondary N) is 1. The summed E-state index contributed by atoms with van der Waals surface area (Å²) in [5.74, 6) is -1.52. The minimum Gasteiger partial charge on any atom is -0.793 e. The first-order valence-electron chi connectivity index (χ1n) is 30.0. The van der Waals surface area contributed by atoms with Gasteiger partial charge in [-0.1, -0.05) is 94.9 Å². The van der Waals surface area contributed by atoms with Crippen LogP contribution in [0, 0.1) is 0 Å². The van der Waals surface area contributed by atoms with Crippen LogP contribution < -0.4 is 34.9 Å². The van der Waals surface area contributed by atoms with Crippen molar-refractivity contribution in [3.63, 3.8) is 0 Å². The Bertz CT molecular complexity index is 3250. The van der Waals surface area contributed by atoms with E-state index in [0.717, 1.165) is 55.4 Å². The number of nitrogens with zero attached hydrogens (tertiary/aromatic N) is 5. The van der Waals surface area contributed by atoms with Gasteiger partial charge >= 0.3 is 53.7 Å². The van der Waals surface area contributed by atoms with Gasteiger partial charge in [0.05, 0.1) is 12.5 Å². The number of ether oxygens (including phenoxy) is 2. The fourth-order valence-electron chi connectivity index (χ4n) is 10.4. The molecule has 93 heavy (non-hydrogen) atoms. The Balaban J connectivity index is 0.000000356. The van der Waals surface area contributed by atoms with Gasteiger partial charge < -0.3 is 37.3 Å². The molecule has 4 aromatic carbocycles. The van der Waals surface area contributed by atoms with E-state index in [1.807, 2.05) is 139 Å². The molecule has 4 atom stereocenters. The standard InChI is InChI=1S/C29H39Cl2N3O4S.C19H22Cl2N2O2S.C10H17NO3.C4H6O4.C2H3BO2.Na/c1-29(2,3)38-28(35)32-15-13-25(14-16-32)33-19-27(18-22-7-11-24(31)12-8-22)34(39(4,36)37)20-26(33)17-21-5-9-23(30)10-6-21;1-26(24,25)23-13-18(10-14-2-6-16(20)7-3-14)22-12-19(23)11-15-4-8-17(21)9-5-15;1-10(2,3)14-9(13)11-6-4-8(12)5-7-11;1-3(5)7-8-4(2)6;1-2(4)5-3;/h5-12,25-27H,13-20H2,1-4H3;2-9,18-19,22H,10-13H2,1H3;4-7H2,1-3H3;1-2H3;1H3;/q;;;;-1;+1/t26-,27-;18-,19-;;;;/m00..../s1. The van der Waals surface area contributed by atoms with E-state index in [-0.39, 0.29) is 77.7 Å². The maximum Gasteiger partial charge on any atom is 1.00 e. The Kier molecular flexibility index (Phi) is 34.7. The number of amides is 2. The molecule has 507 valence electrons. The molecule has 8 rings (SSSR count). The molecule has 29 heteroatoms. The first-order valence-corrected chi connectivity index (χ1v) is 35.2. The first-order chi connectivity index (χ1) is 42.9. The zero-order valence-electron chi connectivity index (χ0n) is 55.2. The van der Waals surface area contributed by atoms with Gasteiger partial charge in [0.1, 0.15) is 17.0 Å². The molecule has 4 heterocycles. The van der Waals surface area contributed by atoms with Gasteiger partial charge in [-0.2, -0.15) is 8.61 Å². The van der Waals surface area contributed by atoms with E-state index in [1.54, 1.807) is 18.4 Å². The summed E-state index contributed by atoms with van der Waals surface area (Å²) in [4.78, 5) is 77.8. The molecular weight excluding hydrogens is 1330 g/mol. The largest absolute Gasteiger partial charge is 1.00 e. The summed E-state index contributed by atoms with van der Waals surface area (Å²) < 4.78 is 68.4. The average Bonchev–Trinajstić information content (AvgIpc) is 1.67. The molecule has 4 aliphatic rings. The van der Waals surface area contributed by atoms with Crippen molar-refractivity contribution in [2.75, 3.05) is 64.9 Å². The van der Waals surface area contributed by atoms with Crippen LogP contribution in [0.1, 0.15) is 110 Å². The first kappa shape index (κ1) is 82.7. The number of likely N-dealkylation sites (tertiary alicyclic amines) is 2. The zero-order chi connectivity index (χ0) is 68.7. The van der Waals surface area contributed by atoms with Crippen LogP contribution in [0.5, 0.6) is 0 Å². The van der Waals surface area contributed by atoms with E-state index in [0.29, 0.717) is 105 Å². The number of sulfonamides is 2. The van der Waals surface area contributed by atoms with Crippen LogP contribution in [0.2, 0.25) is 20.1 Å². The van der Waals surface area contributed by atoms with Crippen LogP contribution in [0.3, 0.4) is 0 Å². The molecule has 0 spiro atoms. The Morgan fingerprint density at radius 3 is 1.19 bits per heavy atom. The van der Waals surface area contributed by atoms with Crippen LogP contribution in [-0.4, -0.2) is 190 Å². The van der Waals surface area contributed by atoms with Crippen LogP contribution in [0.4, 0.5) is 9.59 Å². The van der Waals surface area contributed by atoms with Gasteiger partial charge in [0.15, 0.2) is 0 Å². The number of Topliss-reactive ketones (excluding diaryl/α,β-unsaturated/α-hetero) is 1. The summed E-state index contributed by atoms with van der Waals surface area (Å²) in [5.41, 5.74) is 3.38. The molecule has 0 aliphatic carbocycles. The topological polar surface area (TPSA) is 245 Å². The van der Waals surface area contributed by atoms with Gasteiger partial charge in [0.25, 0.3) is 0 Å². The third-order valence-electron chi connectivity index (χ3n) is 14.5. The molecule has 4 saturated heterocycles. The van der Waals surface area contributed by atoms with E-state index in [1.165, 1.54) is 19.4 Å². The normalized spacial score (nSPS) is 19.1. The van der Waals surface area contributed by atoms with Crippen molar-refractivity contribution in [1.29, 1.82) is 0 Å². The molecule has 2 amide bonds. The predicted molar refractivity (Wildman–Crippen MR) is 358 cm³/mol. The molecule has 0 bridgehead atoms. The second kappa shape index (κ2) is 39.0. The van der Waals surface area contributed by atoms with Gasteiger partial charge in [-0.25, -0.2) is 45.8 Å². The SMILES string of the molecule is CC(=O)OOC(C)=O.CC(C)(C)OC(=O)N1CCC(=O)CC1.CC(C)(C)OC(=O)N1CCC(N2C[C@H](Cc3ccc(Cl)cc3)N(S(C)(=O)=O)C[C@@H]2Cc2ccc(Cl)cc2)CC1.CS(=O)(=O)N1C[C@H](Cc2ccc(Cl)cc2)NC[C@@H]1Cc1ccc(Cl)cc1.[B-]OC(C)=O.[Na+]. The summed E-state index contributed by atoms with van der Waals surface area (Å²) >= 11 is 24.1. The van der Waals surface area contributed by atoms with E-state index in [2.05, 4.69) is 32.7 Å². The zero-order valence-corrected chi connectivity index (χ0v) is 61.9. The van der Waals surface area contributed by atoms with Gasteiger partial charge in [-0.3, -0.25) is 14.5 Å². The number of rotatable bonds is 11. The Morgan fingerprint density at radius 2 is 0.849 bits per heavy atom. The van der Waals surface area contributed by atoms with Crippen LogP contribution in [0.15, 0.2) is 97.1 Å². The van der Waals surface area contributed by atoms with Crippen molar-refractivity contribution in [3.05, 3.63) is 139 Å². The quantitative estimate of drug-likeness (QED) is 0.0892. The predicted octanol–water partition coefficient (Wildman–Crippen LogP) is 7.12. The maximum absolute atomic E-state index is 13.0. The number of ketones is 1. The van der Waals surface area contributed by atoms with Crippen molar-refractivity contribution in [1.82, 2.24) is 28.6 Å². The fourth-order valence-corrected chi connectivity index (χ4v) is 13.1. The number of hydrogen-bond acceptors (Lipinski definition) is 17. The summed E-state index contributed by atoms with van der Waals surface area (Å²) in [7, 11) is -2.40. The second-order valence-electron chi connectivity index (χ2n) is 24.7. The molecule has 3 radical (unpaired) electrons. The third-order valence-corrected chi connectivity index (χ3v) is 18.1. The number of carbonyl (C=O) groups is 6. The number of hydrogen-bond donors (Lipinski definition) is 1. The van der Waals surface area contributed by atoms with Crippen molar-refractivity contribution in [3.8, 4) is 0 Å². The smallest absolute Gasteiger partial charge is 0.793 e. The Labute approximate surface area is 592 Å². The summed E-state index contributed by atoms with van der Waals surface area (Å²) in [6.45, 7) is 19.0. The molecular formula is C64H87BCl4N6NaO15S2. The number of piperazine rings is 2. The molecule has 4 fully saturated rings. The van der Waals surface area contributed by atoms with Crippen LogP contribution in [0.25, 0.3) is 0 Å². The van der Waals surface area contributed by atoms with E-state index >= 15 is 0 Å². The minimum absolute atomic E-state index is 0. The van der Waals surface area contributed by atoms with Crippen molar-refractivity contribution in [2.24, 2.45) is 0 Å². The van der Waals surface area contributed by atoms with E-state index in [4.69, 9.17) is 55.9 Å². The van der Waals surface area contributed by atoms with Gasteiger partial charge in [-0.15, -0.1) is 0 Å². The maximum atomic E-state index is 13.0. The minimum atomic E-state index is -3.44. The monoisotopic (exact) mass is 1420 g/mol. The Hall–Kier alpha value is -4.54. The molecule has 0 unspecified atom stereocenters. The van der Waals surface area contributed by atoms with Gasteiger partial charge in [0, 0.05) is 136 Å². The van der Waals surface area contributed by atoms with Gasteiger partial charge in [-0.05, 0) is 151 Å². The third kappa shape index (κ3) is 31.9. The van der Waals surface area contributed by atoms with Gasteiger partial charge in [0.2, 0.25) is 26.0 Å². The van der Waals surface area contributed by atoms with Crippen molar-refractivity contribution in [2.45, 2.75) is 155 Å². The fraction of sp³-hybridized carbons (Fsp3) is 0.531. The van der Waals surface area contributed by atoms with E-state index in [9.17, 15) is 45.6 Å². The molecule has 4 aliphatic heterocycles. The molecule has 4 aromatic rings. The van der Waals surface area contributed by atoms with E-state index < -0.39 is 49.2 Å². The van der Waals surface area contributed by atoms with Crippen molar-refractivity contribution >= 4 is 110 Å². The summed E-state index contributed by atoms with van der Waals surface area (Å²) in [5, 5.41) is 6.21. The molecule has 0 aromatic heterocycles. The number of halogens is 4. The molecule has 1 N–H and O–H groups in total. The number of benzene rings is 4. The summed E-state index contributed by atoms with van der Waals surface area (Å²) in [6.07, 6.45) is 7.26. The molecule has 21 nitrogen and oxygen atoms in total. The second-order valence-corrected chi connectivity index (χ2v) is 30.3. The summed E-state index contributed by atoms with van der Waals surface area (Å²) in [6, 6.07) is 30.6. The average molecular weight is 1420 g/mol. The Morgan fingerprint density at radius 1 is 0.516 bits per heavy atom. The van der Waals surface area contributed by atoms with Crippen LogP contribution in [-0.2, 0) is 88.8 Å². The molecule has 0 saturated carbocycles. The van der Waals surface area contributed by atoms with Crippen molar-refractivity contribution < 1.29 is 99.1 Å². The number of piperidine rings is 2. The van der Waals surface area contributed by atoms with Crippen LogP contribution >= 0.6 is 46.4 Å².